The number of rotatable bonds is 6. The van der Waals surface area contributed by atoms with E-state index in [0.29, 0.717) is 10.6 Å². The van der Waals surface area contributed by atoms with Gasteiger partial charge in [0.05, 0.1) is 0 Å². The second-order valence-corrected chi connectivity index (χ2v) is 5.69. The Morgan fingerprint density at radius 1 is 0.952 bits per heavy atom. The molecule has 1 N–H and O–H groups in total. The maximum atomic E-state index is 13.6. The zero-order valence-corrected chi connectivity index (χ0v) is 12.4. The molecule has 21 heavy (non-hydrogen) atoms. The lowest BCUT2D eigenvalue weighted by Crippen LogP contribution is -2.30. The van der Waals surface area contributed by atoms with Gasteiger partial charge in [-0.2, -0.15) is 0 Å². The Balaban J connectivity index is 2.02. The Hall–Kier alpha value is -1.46. The van der Waals surface area contributed by atoms with Gasteiger partial charge < -0.3 is 5.32 Å². The van der Waals surface area contributed by atoms with Gasteiger partial charge in [-0.05, 0) is 37.7 Å². The molecule has 2 aromatic carbocycles. The van der Waals surface area contributed by atoms with Crippen LogP contribution in [0.25, 0.3) is 0 Å². The Morgan fingerprint density at radius 2 is 1.57 bits per heavy atom. The average molecular weight is 311 g/mol. The predicted octanol–water partition coefficient (Wildman–Crippen LogP) is 4.03. The molecule has 5 heteroatoms. The van der Waals surface area contributed by atoms with Crippen molar-refractivity contribution in [3.63, 3.8) is 0 Å². The fourth-order valence-electron chi connectivity index (χ4n) is 1.97. The Labute approximate surface area is 126 Å². The second kappa shape index (κ2) is 7.52. The van der Waals surface area contributed by atoms with Crippen molar-refractivity contribution < 1.29 is 13.2 Å². The van der Waals surface area contributed by atoms with E-state index in [4.69, 9.17) is 0 Å². The van der Waals surface area contributed by atoms with E-state index in [1.807, 2.05) is 0 Å². The van der Waals surface area contributed by atoms with E-state index in [-0.39, 0.29) is 23.8 Å². The van der Waals surface area contributed by atoms with Crippen LogP contribution in [0.1, 0.15) is 5.56 Å². The molecule has 0 saturated carbocycles. The van der Waals surface area contributed by atoms with E-state index < -0.39 is 11.6 Å². The van der Waals surface area contributed by atoms with E-state index in [1.165, 1.54) is 36.0 Å². The molecule has 0 saturated heterocycles. The lowest BCUT2D eigenvalue weighted by molar-refractivity contribution is 0.524. The van der Waals surface area contributed by atoms with Crippen molar-refractivity contribution in [2.24, 2.45) is 0 Å². The molecule has 0 aliphatic carbocycles. The lowest BCUT2D eigenvalue weighted by Gasteiger charge is -2.17. The maximum Gasteiger partial charge on any atom is 0.136 e. The highest BCUT2D eigenvalue weighted by atomic mass is 32.2. The summed E-state index contributed by atoms with van der Waals surface area (Å²) in [7, 11) is 1.73. The minimum Gasteiger partial charge on any atom is -0.316 e. The SMILES string of the molecule is CNC(CSc1ccccc1F)Cc1c(F)cccc1F. The molecule has 1 unspecified atom stereocenters. The molecule has 0 bridgehead atoms. The van der Waals surface area contributed by atoms with Gasteiger partial charge in [0.15, 0.2) is 0 Å². The highest BCUT2D eigenvalue weighted by molar-refractivity contribution is 7.99. The van der Waals surface area contributed by atoms with Gasteiger partial charge in [0.25, 0.3) is 0 Å². The van der Waals surface area contributed by atoms with Crippen LogP contribution in [0.4, 0.5) is 13.2 Å². The zero-order valence-electron chi connectivity index (χ0n) is 11.6. The van der Waals surface area contributed by atoms with Gasteiger partial charge in [0.2, 0.25) is 0 Å². The first-order valence-corrected chi connectivity index (χ1v) is 7.58. The van der Waals surface area contributed by atoms with Crippen LogP contribution in [-0.4, -0.2) is 18.8 Å². The average Bonchev–Trinajstić information content (AvgIpc) is 2.48. The Bertz CT molecular complexity index is 584. The number of halogens is 3. The fourth-order valence-corrected chi connectivity index (χ4v) is 3.02. The fraction of sp³-hybridized carbons (Fsp3) is 0.250. The third kappa shape index (κ3) is 4.25. The third-order valence-corrected chi connectivity index (χ3v) is 4.41. The molecule has 0 radical (unpaired) electrons. The minimum absolute atomic E-state index is 0.0611. The van der Waals surface area contributed by atoms with Crippen LogP contribution in [0.3, 0.4) is 0 Å². The summed E-state index contributed by atoms with van der Waals surface area (Å²) in [6, 6.07) is 10.2. The molecule has 1 atom stereocenters. The summed E-state index contributed by atoms with van der Waals surface area (Å²) in [6.07, 6.45) is 0.219. The molecule has 0 aromatic heterocycles. The van der Waals surface area contributed by atoms with Crippen LogP contribution in [0.15, 0.2) is 47.4 Å². The van der Waals surface area contributed by atoms with Gasteiger partial charge in [0.1, 0.15) is 17.5 Å². The summed E-state index contributed by atoms with van der Waals surface area (Å²) in [5.41, 5.74) is 0.0611. The smallest absolute Gasteiger partial charge is 0.136 e. The molecule has 2 rings (SSSR count). The monoisotopic (exact) mass is 311 g/mol. The van der Waals surface area contributed by atoms with Crippen LogP contribution >= 0.6 is 11.8 Å². The predicted molar refractivity (Wildman–Crippen MR) is 80.0 cm³/mol. The summed E-state index contributed by atoms with van der Waals surface area (Å²) in [4.78, 5) is 0.534. The minimum atomic E-state index is -0.550. The van der Waals surface area contributed by atoms with E-state index in [9.17, 15) is 13.2 Å². The third-order valence-electron chi connectivity index (χ3n) is 3.20. The summed E-state index contributed by atoms with van der Waals surface area (Å²) in [5.74, 6) is -0.864. The molecular weight excluding hydrogens is 295 g/mol. The molecule has 2 aromatic rings. The van der Waals surface area contributed by atoms with Crippen molar-refractivity contribution in [1.29, 1.82) is 0 Å². The number of thioether (sulfide) groups is 1. The first kappa shape index (κ1) is 15.9. The standard InChI is InChI=1S/C16H16F3NS/c1-20-11(9-12-13(17)6-4-7-14(12)18)10-21-16-8-3-2-5-15(16)19/h2-8,11,20H,9-10H2,1H3. The molecule has 112 valence electrons. The van der Waals surface area contributed by atoms with Crippen molar-refractivity contribution in [3.05, 3.63) is 65.5 Å². The van der Waals surface area contributed by atoms with Gasteiger partial charge >= 0.3 is 0 Å². The van der Waals surface area contributed by atoms with Crippen molar-refractivity contribution in [2.45, 2.75) is 17.4 Å². The Morgan fingerprint density at radius 3 is 2.19 bits per heavy atom. The van der Waals surface area contributed by atoms with Crippen molar-refractivity contribution >= 4 is 11.8 Å². The normalized spacial score (nSPS) is 12.4. The van der Waals surface area contributed by atoms with Gasteiger partial charge in [-0.3, -0.25) is 0 Å². The molecule has 0 aliphatic rings. The van der Waals surface area contributed by atoms with E-state index in [1.54, 1.807) is 25.2 Å². The quantitative estimate of drug-likeness (QED) is 0.809. The topological polar surface area (TPSA) is 12.0 Å². The largest absolute Gasteiger partial charge is 0.316 e. The molecule has 0 fully saturated rings. The summed E-state index contributed by atoms with van der Waals surface area (Å²) >= 11 is 1.33. The summed E-state index contributed by atoms with van der Waals surface area (Å²) in [5, 5.41) is 3.02. The highest BCUT2D eigenvalue weighted by Gasteiger charge is 2.15. The number of hydrogen-bond donors (Lipinski definition) is 1. The zero-order chi connectivity index (χ0) is 15.2. The van der Waals surface area contributed by atoms with Gasteiger partial charge in [-0.15, -0.1) is 11.8 Å². The van der Waals surface area contributed by atoms with Crippen molar-refractivity contribution in [3.8, 4) is 0 Å². The number of likely N-dealkylation sites (N-methyl/N-ethyl adjacent to an activating group) is 1. The van der Waals surface area contributed by atoms with Gasteiger partial charge in [0, 0.05) is 22.3 Å². The van der Waals surface area contributed by atoms with Crippen LogP contribution < -0.4 is 5.32 Å². The first-order chi connectivity index (χ1) is 10.1. The first-order valence-electron chi connectivity index (χ1n) is 6.59. The van der Waals surface area contributed by atoms with Crippen LogP contribution in [0, 0.1) is 17.5 Å². The highest BCUT2D eigenvalue weighted by Crippen LogP contribution is 2.23. The molecule has 0 aliphatic heterocycles. The van der Waals surface area contributed by atoms with Crippen molar-refractivity contribution in [1.82, 2.24) is 5.32 Å². The van der Waals surface area contributed by atoms with Crippen LogP contribution in [0.2, 0.25) is 0 Å². The lowest BCUT2D eigenvalue weighted by atomic mass is 10.1. The van der Waals surface area contributed by atoms with Crippen molar-refractivity contribution in [2.75, 3.05) is 12.8 Å². The van der Waals surface area contributed by atoms with Crippen LogP contribution in [-0.2, 0) is 6.42 Å². The van der Waals surface area contributed by atoms with E-state index in [0.717, 1.165) is 0 Å². The number of hydrogen-bond acceptors (Lipinski definition) is 2. The molecule has 0 amide bonds. The summed E-state index contributed by atoms with van der Waals surface area (Å²) < 4.78 is 40.8. The Kier molecular flexibility index (Phi) is 5.70. The van der Waals surface area contributed by atoms with Crippen LogP contribution in [0.5, 0.6) is 0 Å². The summed E-state index contributed by atoms with van der Waals surface area (Å²) in [6.45, 7) is 0. The maximum absolute atomic E-state index is 13.6. The number of nitrogens with one attached hydrogen (secondary N) is 1. The molecule has 1 nitrogen and oxygen atoms in total. The van der Waals surface area contributed by atoms with Gasteiger partial charge in [-0.1, -0.05) is 18.2 Å². The molecule has 0 spiro atoms. The molecule has 0 heterocycles. The number of benzene rings is 2. The second-order valence-electron chi connectivity index (χ2n) is 4.63. The molecular formula is C16H16F3NS. The van der Waals surface area contributed by atoms with E-state index >= 15 is 0 Å². The van der Waals surface area contributed by atoms with Gasteiger partial charge in [-0.25, -0.2) is 13.2 Å². The van der Waals surface area contributed by atoms with E-state index in [2.05, 4.69) is 5.32 Å².